The second-order valence-electron chi connectivity index (χ2n) is 10.4. The zero-order valence-electron chi connectivity index (χ0n) is 21.0. The van der Waals surface area contributed by atoms with Crippen LogP contribution in [0.25, 0.3) is 10.8 Å². The van der Waals surface area contributed by atoms with Crippen LogP contribution in [0, 0.1) is 6.92 Å². The number of fused-ring (bicyclic) bond motifs is 3. The lowest BCUT2D eigenvalue weighted by Gasteiger charge is -2.40. The quantitative estimate of drug-likeness (QED) is 0.344. The number of hydrogen-bond acceptors (Lipinski definition) is 3. The fourth-order valence-corrected chi connectivity index (χ4v) is 5.95. The minimum absolute atomic E-state index is 0.0415. The van der Waals surface area contributed by atoms with Crippen molar-refractivity contribution in [2.75, 3.05) is 31.6 Å². The van der Waals surface area contributed by atoms with Crippen molar-refractivity contribution in [3.63, 3.8) is 0 Å². The van der Waals surface area contributed by atoms with Gasteiger partial charge in [-0.1, -0.05) is 60.2 Å². The number of piperidine rings is 1. The highest BCUT2D eigenvalue weighted by Gasteiger charge is 2.46. The summed E-state index contributed by atoms with van der Waals surface area (Å²) in [4.78, 5) is 18.4. The number of likely N-dealkylation sites (tertiary alicyclic amines) is 1. The monoisotopic (exact) mass is 476 g/mol. The molecule has 2 aliphatic rings. The Morgan fingerprint density at radius 1 is 0.889 bits per heavy atom. The first-order valence-corrected chi connectivity index (χ1v) is 12.8. The number of benzene rings is 4. The van der Waals surface area contributed by atoms with Gasteiger partial charge in [0, 0.05) is 29.8 Å². The Balaban J connectivity index is 1.28. The number of amides is 1. The third kappa shape index (κ3) is 4.06. The Hall–Kier alpha value is -3.63. The van der Waals surface area contributed by atoms with Gasteiger partial charge in [0.05, 0.1) is 7.11 Å². The van der Waals surface area contributed by atoms with Crippen LogP contribution in [0.3, 0.4) is 0 Å². The van der Waals surface area contributed by atoms with E-state index in [1.165, 1.54) is 16.7 Å². The van der Waals surface area contributed by atoms with E-state index in [0.717, 1.165) is 66.8 Å². The number of ether oxygens (including phenoxy) is 1. The summed E-state index contributed by atoms with van der Waals surface area (Å²) in [6.07, 6.45) is 2.06. The van der Waals surface area contributed by atoms with Crippen LogP contribution in [0.5, 0.6) is 5.75 Å². The van der Waals surface area contributed by atoms with Gasteiger partial charge in [0.25, 0.3) is 5.91 Å². The lowest BCUT2D eigenvalue weighted by molar-refractivity contribution is 0.0975. The molecule has 1 spiro atoms. The number of aryl methyl sites for hydroxylation is 1. The highest BCUT2D eigenvalue weighted by molar-refractivity contribution is 6.09. The molecule has 0 N–H and O–H groups in total. The van der Waals surface area contributed by atoms with Gasteiger partial charge in [0.15, 0.2) is 0 Å². The molecule has 4 nitrogen and oxygen atoms in total. The fourth-order valence-electron chi connectivity index (χ4n) is 5.95. The number of nitrogens with zero attached hydrogens (tertiary/aromatic N) is 2. The van der Waals surface area contributed by atoms with Crippen molar-refractivity contribution in [1.29, 1.82) is 0 Å². The number of carbonyl (C=O) groups is 1. The van der Waals surface area contributed by atoms with Crippen LogP contribution in [0.1, 0.15) is 39.9 Å². The van der Waals surface area contributed by atoms with E-state index < -0.39 is 0 Å². The molecular weight excluding hydrogens is 444 g/mol. The summed E-state index contributed by atoms with van der Waals surface area (Å²) in [5, 5.41) is 2.25. The topological polar surface area (TPSA) is 32.8 Å². The van der Waals surface area contributed by atoms with Crippen LogP contribution in [0.2, 0.25) is 0 Å². The molecule has 0 unspecified atom stereocenters. The van der Waals surface area contributed by atoms with Gasteiger partial charge in [-0.25, -0.2) is 0 Å². The van der Waals surface area contributed by atoms with Gasteiger partial charge in [-0.05, 0) is 85.1 Å². The third-order valence-corrected chi connectivity index (χ3v) is 8.11. The zero-order chi connectivity index (χ0) is 24.7. The van der Waals surface area contributed by atoms with Gasteiger partial charge < -0.3 is 9.64 Å². The molecule has 4 aromatic carbocycles. The molecule has 0 aliphatic carbocycles. The Morgan fingerprint density at radius 2 is 1.64 bits per heavy atom. The average molecular weight is 477 g/mol. The predicted octanol–water partition coefficient (Wildman–Crippen LogP) is 6.35. The predicted molar refractivity (Wildman–Crippen MR) is 146 cm³/mol. The molecule has 6 rings (SSSR count). The summed E-state index contributed by atoms with van der Waals surface area (Å²) in [5.41, 5.74) is 5.64. The van der Waals surface area contributed by atoms with Crippen LogP contribution in [-0.4, -0.2) is 37.6 Å². The first kappa shape index (κ1) is 22.8. The molecule has 0 aromatic heterocycles. The Kier molecular flexibility index (Phi) is 5.77. The van der Waals surface area contributed by atoms with E-state index in [1.54, 1.807) is 7.11 Å². The largest absolute Gasteiger partial charge is 0.497 e. The van der Waals surface area contributed by atoms with Crippen LogP contribution < -0.4 is 9.64 Å². The van der Waals surface area contributed by atoms with E-state index in [1.807, 2.05) is 41.3 Å². The molecule has 0 bridgehead atoms. The second-order valence-corrected chi connectivity index (χ2v) is 10.4. The Labute approximate surface area is 213 Å². The Bertz CT molecular complexity index is 1420. The summed E-state index contributed by atoms with van der Waals surface area (Å²) in [7, 11) is 1.71. The fraction of sp³-hybridized carbons (Fsp3) is 0.281. The molecule has 36 heavy (non-hydrogen) atoms. The summed E-state index contributed by atoms with van der Waals surface area (Å²) in [6, 6.07) is 29.3. The average Bonchev–Trinajstić information content (AvgIpc) is 3.23. The standard InChI is InChI=1S/C32H32N2O2/c1-23-7-9-24(10-8-23)21-33-17-15-32(16-18-33)22-34(30-14-13-28(36-2)20-29(30)32)31(35)27-12-11-25-5-3-4-6-26(25)19-27/h3-14,19-20H,15-18,21-22H2,1-2H3. The molecular formula is C32H32N2O2. The summed E-state index contributed by atoms with van der Waals surface area (Å²) in [5.74, 6) is 0.932. The van der Waals surface area contributed by atoms with Gasteiger partial charge in [-0.15, -0.1) is 0 Å². The molecule has 0 radical (unpaired) electrons. The third-order valence-electron chi connectivity index (χ3n) is 8.11. The first-order chi connectivity index (χ1) is 17.5. The van der Waals surface area contributed by atoms with Gasteiger partial charge in [0.1, 0.15) is 5.75 Å². The first-order valence-electron chi connectivity index (χ1n) is 12.8. The maximum absolute atomic E-state index is 13.9. The van der Waals surface area contributed by atoms with Crippen LogP contribution in [0.4, 0.5) is 5.69 Å². The normalized spacial score (nSPS) is 16.9. The lowest BCUT2D eigenvalue weighted by Crippen LogP contribution is -2.45. The number of carbonyl (C=O) groups excluding carboxylic acids is 1. The molecule has 1 fully saturated rings. The molecule has 2 heterocycles. The molecule has 1 amide bonds. The smallest absolute Gasteiger partial charge is 0.258 e. The van der Waals surface area contributed by atoms with Crippen LogP contribution >= 0.6 is 0 Å². The minimum Gasteiger partial charge on any atom is -0.497 e. The van der Waals surface area contributed by atoms with E-state index in [2.05, 4.69) is 60.4 Å². The van der Waals surface area contributed by atoms with Crippen LogP contribution in [-0.2, 0) is 12.0 Å². The maximum atomic E-state index is 13.9. The highest BCUT2D eigenvalue weighted by Crippen LogP contribution is 2.49. The van der Waals surface area contributed by atoms with E-state index in [0.29, 0.717) is 0 Å². The van der Waals surface area contributed by atoms with Crippen molar-refractivity contribution in [1.82, 2.24) is 4.90 Å². The highest BCUT2D eigenvalue weighted by atomic mass is 16.5. The van der Waals surface area contributed by atoms with E-state index >= 15 is 0 Å². The van der Waals surface area contributed by atoms with Crippen molar-refractivity contribution in [2.24, 2.45) is 0 Å². The van der Waals surface area contributed by atoms with Crippen molar-refractivity contribution in [2.45, 2.75) is 31.7 Å². The molecule has 2 aliphatic heterocycles. The SMILES string of the molecule is COc1ccc2c(c1)C1(CCN(Cc3ccc(C)cc3)CC1)CN2C(=O)c1ccc2ccccc2c1. The molecule has 4 aromatic rings. The zero-order valence-corrected chi connectivity index (χ0v) is 21.0. The molecule has 1 saturated heterocycles. The lowest BCUT2D eigenvalue weighted by atomic mass is 9.74. The van der Waals surface area contributed by atoms with Crippen LogP contribution in [0.15, 0.2) is 84.9 Å². The van der Waals surface area contributed by atoms with Crippen molar-refractivity contribution in [3.8, 4) is 5.75 Å². The molecule has 4 heteroatoms. The maximum Gasteiger partial charge on any atom is 0.258 e. The number of rotatable bonds is 4. The van der Waals surface area contributed by atoms with E-state index in [9.17, 15) is 4.79 Å². The van der Waals surface area contributed by atoms with Gasteiger partial charge in [-0.3, -0.25) is 9.69 Å². The second kappa shape index (κ2) is 9.11. The van der Waals surface area contributed by atoms with E-state index in [-0.39, 0.29) is 11.3 Å². The van der Waals surface area contributed by atoms with E-state index in [4.69, 9.17) is 4.74 Å². The van der Waals surface area contributed by atoms with Gasteiger partial charge in [-0.2, -0.15) is 0 Å². The van der Waals surface area contributed by atoms with Crippen molar-refractivity contribution >= 4 is 22.4 Å². The molecule has 182 valence electrons. The number of hydrogen-bond donors (Lipinski definition) is 0. The number of methoxy groups -OCH3 is 1. The Morgan fingerprint density at radius 3 is 2.39 bits per heavy atom. The summed E-state index contributed by atoms with van der Waals surface area (Å²) < 4.78 is 5.60. The minimum atomic E-state index is -0.0415. The summed E-state index contributed by atoms with van der Waals surface area (Å²) >= 11 is 0. The van der Waals surface area contributed by atoms with Crippen molar-refractivity contribution in [3.05, 3.63) is 107 Å². The summed E-state index contributed by atoms with van der Waals surface area (Å²) in [6.45, 7) is 5.86. The van der Waals surface area contributed by atoms with Gasteiger partial charge in [0.2, 0.25) is 0 Å². The molecule has 0 saturated carbocycles. The van der Waals surface area contributed by atoms with Crippen molar-refractivity contribution < 1.29 is 9.53 Å². The number of anilines is 1. The molecule has 0 atom stereocenters. The van der Waals surface area contributed by atoms with Gasteiger partial charge >= 0.3 is 0 Å².